The third-order valence-electron chi connectivity index (χ3n) is 3.29. The molecular formula is C10H20N2O2. The Morgan fingerprint density at radius 2 is 2.29 bits per heavy atom. The summed E-state index contributed by atoms with van der Waals surface area (Å²) in [5, 5.41) is 12.4. The maximum Gasteiger partial charge on any atom is 0.323 e. The van der Waals surface area contributed by atoms with Crippen molar-refractivity contribution < 1.29 is 9.90 Å². The summed E-state index contributed by atoms with van der Waals surface area (Å²) < 4.78 is 0. The third kappa shape index (κ3) is 2.25. The first-order chi connectivity index (χ1) is 6.61. The van der Waals surface area contributed by atoms with Crippen LogP contribution in [0.15, 0.2) is 0 Å². The van der Waals surface area contributed by atoms with Gasteiger partial charge in [0.15, 0.2) is 0 Å². The Kier molecular flexibility index (Phi) is 3.89. The Hall–Kier alpha value is -0.610. The third-order valence-corrected chi connectivity index (χ3v) is 3.29. The second-order valence-electron chi connectivity index (χ2n) is 4.08. The van der Waals surface area contributed by atoms with Crippen molar-refractivity contribution in [3.8, 4) is 0 Å². The number of nitrogens with two attached hydrogens (primary N) is 1. The minimum atomic E-state index is -1.02. The molecule has 0 spiro atoms. The van der Waals surface area contributed by atoms with Crippen LogP contribution >= 0.6 is 0 Å². The summed E-state index contributed by atoms with van der Waals surface area (Å²) in [6.07, 6.45) is 3.32. The second-order valence-corrected chi connectivity index (χ2v) is 4.08. The van der Waals surface area contributed by atoms with E-state index in [1.54, 1.807) is 0 Å². The van der Waals surface area contributed by atoms with Crippen molar-refractivity contribution >= 4 is 5.97 Å². The molecule has 4 nitrogen and oxygen atoms in total. The van der Waals surface area contributed by atoms with E-state index in [1.165, 1.54) is 0 Å². The highest BCUT2D eigenvalue weighted by Crippen LogP contribution is 2.27. The summed E-state index contributed by atoms with van der Waals surface area (Å²) in [7, 11) is 0. The SMILES string of the molecule is CCC(N)(C(=O)O)C1CCCNCC1. The molecule has 14 heavy (non-hydrogen) atoms. The molecule has 82 valence electrons. The van der Waals surface area contributed by atoms with E-state index < -0.39 is 11.5 Å². The Balaban J connectivity index is 2.71. The van der Waals surface area contributed by atoms with Crippen molar-refractivity contribution in [2.24, 2.45) is 11.7 Å². The first-order valence-corrected chi connectivity index (χ1v) is 5.34. The van der Waals surface area contributed by atoms with Gasteiger partial charge in [0.05, 0.1) is 0 Å². The summed E-state index contributed by atoms with van der Waals surface area (Å²) in [6.45, 7) is 3.72. The van der Waals surface area contributed by atoms with Crippen LogP contribution in [0.4, 0.5) is 0 Å². The largest absolute Gasteiger partial charge is 0.480 e. The van der Waals surface area contributed by atoms with Crippen LogP contribution < -0.4 is 11.1 Å². The quantitative estimate of drug-likeness (QED) is 0.622. The molecule has 4 N–H and O–H groups in total. The van der Waals surface area contributed by atoms with Gasteiger partial charge in [0, 0.05) is 0 Å². The summed E-state index contributed by atoms with van der Waals surface area (Å²) in [4.78, 5) is 11.1. The predicted molar refractivity (Wildman–Crippen MR) is 55.1 cm³/mol. The lowest BCUT2D eigenvalue weighted by Crippen LogP contribution is -2.53. The van der Waals surface area contributed by atoms with Crippen molar-refractivity contribution in [1.29, 1.82) is 0 Å². The average molecular weight is 200 g/mol. The Morgan fingerprint density at radius 1 is 1.57 bits per heavy atom. The molecule has 1 saturated heterocycles. The zero-order chi connectivity index (χ0) is 10.6. The minimum Gasteiger partial charge on any atom is -0.480 e. The van der Waals surface area contributed by atoms with Crippen LogP contribution in [0.2, 0.25) is 0 Å². The fourth-order valence-corrected chi connectivity index (χ4v) is 2.15. The van der Waals surface area contributed by atoms with Crippen LogP contribution in [-0.2, 0) is 4.79 Å². The Bertz CT molecular complexity index is 200. The van der Waals surface area contributed by atoms with Gasteiger partial charge in [-0.1, -0.05) is 6.92 Å². The van der Waals surface area contributed by atoms with E-state index in [1.807, 2.05) is 6.92 Å². The Labute approximate surface area is 84.9 Å². The number of carboxylic acid groups (broad SMARTS) is 1. The number of carbonyl (C=O) groups is 1. The van der Waals surface area contributed by atoms with E-state index in [9.17, 15) is 4.79 Å². The topological polar surface area (TPSA) is 75.4 Å². The van der Waals surface area contributed by atoms with Gasteiger partial charge in [0.1, 0.15) is 5.54 Å². The maximum absolute atomic E-state index is 11.1. The molecule has 0 aromatic rings. The molecule has 0 bridgehead atoms. The molecule has 1 aliphatic rings. The highest BCUT2D eigenvalue weighted by Gasteiger charge is 2.40. The van der Waals surface area contributed by atoms with Gasteiger partial charge in [-0.05, 0) is 44.7 Å². The highest BCUT2D eigenvalue weighted by atomic mass is 16.4. The summed E-state index contributed by atoms with van der Waals surface area (Å²) in [6, 6.07) is 0. The molecule has 0 aromatic carbocycles. The van der Waals surface area contributed by atoms with Gasteiger partial charge in [-0.2, -0.15) is 0 Å². The lowest BCUT2D eigenvalue weighted by atomic mass is 9.78. The predicted octanol–water partition coefficient (Wildman–Crippen LogP) is 0.568. The van der Waals surface area contributed by atoms with Gasteiger partial charge < -0.3 is 16.2 Å². The molecule has 0 aromatic heterocycles. The molecule has 1 aliphatic heterocycles. The maximum atomic E-state index is 11.1. The molecule has 2 unspecified atom stereocenters. The van der Waals surface area contributed by atoms with Crippen LogP contribution in [0.5, 0.6) is 0 Å². The van der Waals surface area contributed by atoms with Crippen LogP contribution in [-0.4, -0.2) is 29.7 Å². The normalized spacial score (nSPS) is 27.7. The zero-order valence-corrected chi connectivity index (χ0v) is 8.75. The van der Waals surface area contributed by atoms with E-state index in [4.69, 9.17) is 10.8 Å². The van der Waals surface area contributed by atoms with E-state index in [-0.39, 0.29) is 5.92 Å². The molecular weight excluding hydrogens is 180 g/mol. The van der Waals surface area contributed by atoms with Gasteiger partial charge in [-0.25, -0.2) is 0 Å². The second kappa shape index (κ2) is 4.75. The molecule has 4 heteroatoms. The number of carboxylic acids is 1. The van der Waals surface area contributed by atoms with E-state index in [0.717, 1.165) is 32.4 Å². The fraction of sp³-hybridized carbons (Fsp3) is 0.900. The number of hydrogen-bond acceptors (Lipinski definition) is 3. The van der Waals surface area contributed by atoms with Crippen molar-refractivity contribution in [3.05, 3.63) is 0 Å². The molecule has 0 aliphatic carbocycles. The van der Waals surface area contributed by atoms with Crippen LogP contribution in [0.25, 0.3) is 0 Å². The number of nitrogens with one attached hydrogen (secondary N) is 1. The molecule has 1 heterocycles. The smallest absolute Gasteiger partial charge is 0.323 e. The number of hydrogen-bond donors (Lipinski definition) is 3. The van der Waals surface area contributed by atoms with Gasteiger partial charge >= 0.3 is 5.97 Å². The van der Waals surface area contributed by atoms with Crippen LogP contribution in [0.1, 0.15) is 32.6 Å². The first kappa shape index (κ1) is 11.5. The van der Waals surface area contributed by atoms with Crippen molar-refractivity contribution in [2.45, 2.75) is 38.1 Å². The lowest BCUT2D eigenvalue weighted by molar-refractivity contribution is -0.146. The van der Waals surface area contributed by atoms with Gasteiger partial charge in [0.25, 0.3) is 0 Å². The van der Waals surface area contributed by atoms with Crippen molar-refractivity contribution in [2.75, 3.05) is 13.1 Å². The fourth-order valence-electron chi connectivity index (χ4n) is 2.15. The van der Waals surface area contributed by atoms with E-state index in [2.05, 4.69) is 5.32 Å². The van der Waals surface area contributed by atoms with Crippen molar-refractivity contribution in [3.63, 3.8) is 0 Å². The molecule has 0 saturated carbocycles. The zero-order valence-electron chi connectivity index (χ0n) is 8.75. The minimum absolute atomic E-state index is 0.111. The monoisotopic (exact) mass is 200 g/mol. The molecule has 0 radical (unpaired) electrons. The average Bonchev–Trinajstić information content (AvgIpc) is 2.44. The summed E-state index contributed by atoms with van der Waals surface area (Å²) >= 11 is 0. The first-order valence-electron chi connectivity index (χ1n) is 5.34. The number of aliphatic carboxylic acids is 1. The van der Waals surface area contributed by atoms with Crippen LogP contribution in [0.3, 0.4) is 0 Å². The van der Waals surface area contributed by atoms with Gasteiger partial charge in [0.2, 0.25) is 0 Å². The van der Waals surface area contributed by atoms with Gasteiger partial charge in [-0.3, -0.25) is 4.79 Å². The summed E-state index contributed by atoms with van der Waals surface area (Å²) in [5.41, 5.74) is 4.94. The van der Waals surface area contributed by atoms with Gasteiger partial charge in [-0.15, -0.1) is 0 Å². The summed E-state index contributed by atoms with van der Waals surface area (Å²) in [5.74, 6) is -0.744. The van der Waals surface area contributed by atoms with E-state index >= 15 is 0 Å². The molecule has 0 amide bonds. The Morgan fingerprint density at radius 3 is 2.86 bits per heavy atom. The highest BCUT2D eigenvalue weighted by molar-refractivity contribution is 5.78. The standard InChI is InChI=1S/C10H20N2O2/c1-2-10(11,9(13)14)8-4-3-6-12-7-5-8/h8,12H,2-7,11H2,1H3,(H,13,14). The number of rotatable bonds is 3. The molecule has 1 rings (SSSR count). The lowest BCUT2D eigenvalue weighted by Gasteiger charge is -2.31. The van der Waals surface area contributed by atoms with Crippen LogP contribution in [0, 0.1) is 5.92 Å². The van der Waals surface area contributed by atoms with E-state index in [0.29, 0.717) is 6.42 Å². The molecule has 2 atom stereocenters. The van der Waals surface area contributed by atoms with Crippen molar-refractivity contribution in [1.82, 2.24) is 5.32 Å². The molecule has 1 fully saturated rings.